The molecule has 0 saturated carbocycles. The fourth-order valence-electron chi connectivity index (χ4n) is 3.28. The molecule has 0 aliphatic carbocycles. The number of nitro benzene ring substituents is 1. The van der Waals surface area contributed by atoms with Crippen molar-refractivity contribution in [3.8, 4) is 11.5 Å². The van der Waals surface area contributed by atoms with Gasteiger partial charge in [-0.25, -0.2) is 0 Å². The van der Waals surface area contributed by atoms with Gasteiger partial charge in [-0.15, -0.1) is 0 Å². The number of amides is 2. The van der Waals surface area contributed by atoms with E-state index in [-0.39, 0.29) is 35.8 Å². The van der Waals surface area contributed by atoms with Crippen LogP contribution in [0.1, 0.15) is 12.8 Å². The molecule has 158 valence electrons. The van der Waals surface area contributed by atoms with E-state index in [1.54, 1.807) is 4.90 Å². The van der Waals surface area contributed by atoms with Crippen molar-refractivity contribution in [3.05, 3.63) is 58.6 Å². The first kappa shape index (κ1) is 21.1. The van der Waals surface area contributed by atoms with E-state index in [4.69, 9.17) is 9.47 Å². The Morgan fingerprint density at radius 1 is 1.13 bits per heavy atom. The lowest BCUT2D eigenvalue weighted by Gasteiger charge is -2.31. The number of hydrogen-bond donors (Lipinski definition) is 1. The normalized spacial score (nSPS) is 14.1. The fourth-order valence-corrected chi connectivity index (χ4v) is 3.28. The predicted octanol–water partition coefficient (Wildman–Crippen LogP) is 2.86. The highest BCUT2D eigenvalue weighted by Crippen LogP contribution is 2.31. The smallest absolute Gasteiger partial charge is 0.273 e. The summed E-state index contributed by atoms with van der Waals surface area (Å²) in [6.45, 7) is 0.626. The second kappa shape index (κ2) is 9.73. The number of nitrogens with zero attached hydrogens (tertiary/aromatic N) is 2. The van der Waals surface area contributed by atoms with E-state index in [2.05, 4.69) is 5.32 Å². The number of nitro groups is 1. The Morgan fingerprint density at radius 3 is 2.47 bits per heavy atom. The van der Waals surface area contributed by atoms with E-state index in [1.807, 2.05) is 30.3 Å². The number of non-ortho nitro benzene ring substituents is 1. The van der Waals surface area contributed by atoms with Crippen LogP contribution in [0.3, 0.4) is 0 Å². The topological polar surface area (TPSA) is 111 Å². The van der Waals surface area contributed by atoms with Crippen molar-refractivity contribution >= 4 is 23.2 Å². The fraction of sp³-hybridized carbons (Fsp3) is 0.333. The SMILES string of the molecule is COc1ccc([N+](=O)[O-])cc1OCC(=O)N1CCC(C(=O)Nc2ccccc2)CC1. The molecule has 2 aromatic rings. The molecular weight excluding hydrogens is 390 g/mol. The molecule has 1 saturated heterocycles. The summed E-state index contributed by atoms with van der Waals surface area (Å²) in [5, 5.41) is 13.8. The number of anilines is 1. The molecule has 0 spiro atoms. The van der Waals surface area contributed by atoms with Gasteiger partial charge in [-0.05, 0) is 31.0 Å². The number of rotatable bonds is 7. The van der Waals surface area contributed by atoms with Crippen LogP contribution in [-0.2, 0) is 9.59 Å². The molecule has 3 rings (SSSR count). The van der Waals surface area contributed by atoms with Crippen LogP contribution in [0.2, 0.25) is 0 Å². The Morgan fingerprint density at radius 2 is 1.83 bits per heavy atom. The third-order valence-corrected chi connectivity index (χ3v) is 4.97. The first-order chi connectivity index (χ1) is 14.5. The maximum absolute atomic E-state index is 12.5. The molecule has 1 aliphatic rings. The zero-order chi connectivity index (χ0) is 21.5. The van der Waals surface area contributed by atoms with Gasteiger partial charge in [-0.1, -0.05) is 18.2 Å². The van der Waals surface area contributed by atoms with Crippen LogP contribution >= 0.6 is 0 Å². The number of piperidine rings is 1. The van der Waals surface area contributed by atoms with Crippen LogP contribution < -0.4 is 14.8 Å². The van der Waals surface area contributed by atoms with Gasteiger partial charge < -0.3 is 19.7 Å². The van der Waals surface area contributed by atoms with Gasteiger partial charge in [0.2, 0.25) is 5.91 Å². The number of ether oxygens (including phenoxy) is 2. The number of benzene rings is 2. The summed E-state index contributed by atoms with van der Waals surface area (Å²) in [6.07, 6.45) is 1.12. The second-order valence-corrected chi connectivity index (χ2v) is 6.89. The maximum atomic E-state index is 12.5. The molecule has 1 aliphatic heterocycles. The Kier molecular flexibility index (Phi) is 6.84. The summed E-state index contributed by atoms with van der Waals surface area (Å²) >= 11 is 0. The molecule has 1 heterocycles. The van der Waals surface area contributed by atoms with E-state index in [0.29, 0.717) is 31.7 Å². The average Bonchev–Trinajstić information content (AvgIpc) is 2.78. The lowest BCUT2D eigenvalue weighted by molar-refractivity contribution is -0.385. The van der Waals surface area contributed by atoms with Gasteiger partial charge in [-0.3, -0.25) is 19.7 Å². The molecule has 1 N–H and O–H groups in total. The van der Waals surface area contributed by atoms with Crippen molar-refractivity contribution in [3.63, 3.8) is 0 Å². The number of hydrogen-bond acceptors (Lipinski definition) is 6. The number of carbonyl (C=O) groups excluding carboxylic acids is 2. The number of nitrogens with one attached hydrogen (secondary N) is 1. The Hall–Kier alpha value is -3.62. The summed E-state index contributed by atoms with van der Waals surface area (Å²) < 4.78 is 10.6. The van der Waals surface area contributed by atoms with Gasteiger partial charge in [-0.2, -0.15) is 0 Å². The van der Waals surface area contributed by atoms with Crippen molar-refractivity contribution in [1.82, 2.24) is 4.90 Å². The van der Waals surface area contributed by atoms with Gasteiger partial charge in [0, 0.05) is 30.8 Å². The minimum atomic E-state index is -0.542. The zero-order valence-electron chi connectivity index (χ0n) is 16.6. The maximum Gasteiger partial charge on any atom is 0.273 e. The zero-order valence-corrected chi connectivity index (χ0v) is 16.6. The first-order valence-electron chi connectivity index (χ1n) is 9.57. The third-order valence-electron chi connectivity index (χ3n) is 4.97. The largest absolute Gasteiger partial charge is 0.493 e. The van der Waals surface area contributed by atoms with Crippen molar-refractivity contribution in [2.24, 2.45) is 5.92 Å². The molecular formula is C21H23N3O6. The Labute approximate surface area is 173 Å². The molecule has 2 aromatic carbocycles. The van der Waals surface area contributed by atoms with E-state index >= 15 is 0 Å². The van der Waals surface area contributed by atoms with Crippen LogP contribution in [0.5, 0.6) is 11.5 Å². The molecule has 0 aromatic heterocycles. The summed E-state index contributed by atoms with van der Waals surface area (Å²) in [5.74, 6) is -0.00901. The molecule has 0 atom stereocenters. The Balaban J connectivity index is 1.50. The third kappa shape index (κ3) is 5.25. The van der Waals surface area contributed by atoms with E-state index < -0.39 is 4.92 Å². The molecule has 0 bridgehead atoms. The predicted molar refractivity (Wildman–Crippen MR) is 110 cm³/mol. The minimum absolute atomic E-state index is 0.0501. The highest BCUT2D eigenvalue weighted by Gasteiger charge is 2.27. The number of methoxy groups -OCH3 is 1. The molecule has 2 amide bonds. The van der Waals surface area contributed by atoms with Crippen LogP contribution in [0.25, 0.3) is 0 Å². The van der Waals surface area contributed by atoms with E-state index in [1.165, 1.54) is 25.3 Å². The van der Waals surface area contributed by atoms with Gasteiger partial charge in [0.25, 0.3) is 11.6 Å². The molecule has 1 fully saturated rings. The lowest BCUT2D eigenvalue weighted by atomic mass is 9.95. The molecule has 0 unspecified atom stereocenters. The molecule has 9 nitrogen and oxygen atoms in total. The summed E-state index contributed by atoms with van der Waals surface area (Å²) in [5.41, 5.74) is 0.601. The average molecular weight is 413 g/mol. The van der Waals surface area contributed by atoms with Crippen molar-refractivity contribution in [1.29, 1.82) is 0 Å². The molecule has 0 radical (unpaired) electrons. The summed E-state index contributed by atoms with van der Waals surface area (Å²) in [6, 6.07) is 13.2. The summed E-state index contributed by atoms with van der Waals surface area (Å²) in [7, 11) is 1.42. The lowest BCUT2D eigenvalue weighted by Crippen LogP contribution is -2.43. The number of carbonyl (C=O) groups is 2. The van der Waals surface area contributed by atoms with Gasteiger partial charge >= 0.3 is 0 Å². The van der Waals surface area contributed by atoms with Crippen LogP contribution in [-0.4, -0.2) is 48.4 Å². The number of para-hydroxylation sites is 1. The highest BCUT2D eigenvalue weighted by molar-refractivity contribution is 5.92. The molecule has 9 heteroatoms. The number of likely N-dealkylation sites (tertiary alicyclic amines) is 1. The Bertz CT molecular complexity index is 910. The first-order valence-corrected chi connectivity index (χ1v) is 9.57. The standard InChI is InChI=1S/C21H23N3O6/c1-29-18-8-7-17(24(27)28)13-19(18)30-14-20(25)23-11-9-15(10-12-23)21(26)22-16-5-3-2-4-6-16/h2-8,13,15H,9-12,14H2,1H3,(H,22,26). The molecule has 30 heavy (non-hydrogen) atoms. The second-order valence-electron chi connectivity index (χ2n) is 6.89. The van der Waals surface area contributed by atoms with Crippen molar-refractivity contribution in [2.75, 3.05) is 32.1 Å². The van der Waals surface area contributed by atoms with Gasteiger partial charge in [0.15, 0.2) is 18.1 Å². The van der Waals surface area contributed by atoms with Crippen molar-refractivity contribution in [2.45, 2.75) is 12.8 Å². The quantitative estimate of drug-likeness (QED) is 0.552. The summed E-state index contributed by atoms with van der Waals surface area (Å²) in [4.78, 5) is 36.9. The van der Waals surface area contributed by atoms with Crippen LogP contribution in [0.15, 0.2) is 48.5 Å². The van der Waals surface area contributed by atoms with Gasteiger partial charge in [0.1, 0.15) is 0 Å². The van der Waals surface area contributed by atoms with Crippen molar-refractivity contribution < 1.29 is 24.0 Å². The van der Waals surface area contributed by atoms with Crippen LogP contribution in [0, 0.1) is 16.0 Å². The van der Waals surface area contributed by atoms with E-state index in [0.717, 1.165) is 5.69 Å². The minimum Gasteiger partial charge on any atom is -0.493 e. The van der Waals surface area contributed by atoms with Crippen LogP contribution in [0.4, 0.5) is 11.4 Å². The van der Waals surface area contributed by atoms with Gasteiger partial charge in [0.05, 0.1) is 18.1 Å². The monoisotopic (exact) mass is 413 g/mol. The van der Waals surface area contributed by atoms with E-state index in [9.17, 15) is 19.7 Å². The highest BCUT2D eigenvalue weighted by atomic mass is 16.6.